The third-order valence-electron chi connectivity index (χ3n) is 0.615. The van der Waals surface area contributed by atoms with Crippen molar-refractivity contribution in [1.29, 1.82) is 0 Å². The third kappa shape index (κ3) is 4.42. The van der Waals surface area contributed by atoms with Gasteiger partial charge in [-0.25, -0.2) is 0 Å². The maximum absolute atomic E-state index is 5.23. The lowest BCUT2D eigenvalue weighted by Crippen LogP contribution is -2.01. The molecular weight excluding hydrogens is 114 g/mol. The third-order valence-corrected chi connectivity index (χ3v) is 0.615. The summed E-state index contributed by atoms with van der Waals surface area (Å²) in [7, 11) is 0. The molecule has 0 aromatic heterocycles. The van der Waals surface area contributed by atoms with Crippen molar-refractivity contribution >= 4 is 6.21 Å². The monoisotopic (exact) mass is 123 g/mol. The zero-order valence-electron chi connectivity index (χ0n) is 5.04. The first-order valence-electron chi connectivity index (χ1n) is 2.42. The van der Waals surface area contributed by atoms with Crippen molar-refractivity contribution in [3.63, 3.8) is 0 Å². The molecule has 0 unspecified atom stereocenters. The molecule has 0 aromatic rings. The highest BCUT2D eigenvalue weighted by Gasteiger charge is 1.75. The second-order valence-corrected chi connectivity index (χ2v) is 1.34. The maximum Gasteiger partial charge on any atom is 0.0995 e. The fourth-order valence-electron chi connectivity index (χ4n) is 0.247. The van der Waals surface area contributed by atoms with E-state index in [1.807, 2.05) is 0 Å². The second-order valence-electron chi connectivity index (χ2n) is 1.34. The van der Waals surface area contributed by atoms with Gasteiger partial charge in [0.15, 0.2) is 0 Å². The normalized spacial score (nSPS) is 11.7. The number of nitrogens with two attached hydrogens (primary N) is 2. The maximum atomic E-state index is 5.23. The van der Waals surface area contributed by atoms with Crippen LogP contribution in [0.4, 0.5) is 0 Å². The summed E-state index contributed by atoms with van der Waals surface area (Å²) in [6, 6.07) is 0. The van der Waals surface area contributed by atoms with Crippen LogP contribution in [0.5, 0.6) is 0 Å². The molecule has 0 saturated heterocycles. The van der Waals surface area contributed by atoms with Gasteiger partial charge in [0.25, 0.3) is 0 Å². The van der Waals surface area contributed by atoms with Crippen LogP contribution in [0.25, 0.3) is 0 Å². The van der Waals surface area contributed by atoms with Gasteiger partial charge in [-0.05, 0) is 0 Å². The number of nitrogens with zero attached hydrogens (tertiary/aromatic N) is 1. The Bertz CT molecular complexity index is 162. The zero-order chi connectivity index (χ0) is 7.11. The number of rotatable bonds is 2. The first kappa shape index (κ1) is 7.57. The Morgan fingerprint density at radius 3 is 2.89 bits per heavy atom. The Hall–Kier alpha value is -1.43. The molecular formula is C6H9N3. The molecule has 0 heterocycles. The summed E-state index contributed by atoms with van der Waals surface area (Å²) < 4.78 is 0. The Balaban J connectivity index is 3.61. The van der Waals surface area contributed by atoms with E-state index in [2.05, 4.69) is 10.9 Å². The molecule has 0 radical (unpaired) electrons. The highest BCUT2D eigenvalue weighted by molar-refractivity contribution is 5.76. The summed E-state index contributed by atoms with van der Waals surface area (Å²) in [5.74, 6) is 2.33. The van der Waals surface area contributed by atoms with E-state index in [-0.39, 0.29) is 0 Å². The van der Waals surface area contributed by atoms with Crippen LogP contribution in [-0.4, -0.2) is 12.8 Å². The summed E-state index contributed by atoms with van der Waals surface area (Å²) in [6.07, 6.45) is 7.60. The fraction of sp³-hybridized carbons (Fsp3) is 0.167. The van der Waals surface area contributed by atoms with Crippen LogP contribution in [0, 0.1) is 12.3 Å². The first-order valence-corrected chi connectivity index (χ1v) is 2.42. The van der Waals surface area contributed by atoms with Gasteiger partial charge in [0.05, 0.1) is 12.2 Å². The molecule has 3 nitrogen and oxygen atoms in total. The number of aliphatic imine (C=N–C) groups is 1. The van der Waals surface area contributed by atoms with Gasteiger partial charge in [-0.2, -0.15) is 0 Å². The number of hydrogen-bond acceptors (Lipinski definition) is 3. The second kappa shape index (κ2) is 4.72. The van der Waals surface area contributed by atoms with Gasteiger partial charge >= 0.3 is 0 Å². The molecule has 0 aliphatic carbocycles. The summed E-state index contributed by atoms with van der Waals surface area (Å²) in [4.78, 5) is 3.73. The molecule has 0 bridgehead atoms. The van der Waals surface area contributed by atoms with Gasteiger partial charge < -0.3 is 11.5 Å². The van der Waals surface area contributed by atoms with Crippen LogP contribution in [-0.2, 0) is 0 Å². The Morgan fingerprint density at radius 2 is 2.44 bits per heavy atom. The lowest BCUT2D eigenvalue weighted by Gasteiger charge is -1.84. The highest BCUT2D eigenvalue weighted by atomic mass is 14.7. The molecule has 9 heavy (non-hydrogen) atoms. The van der Waals surface area contributed by atoms with E-state index in [1.54, 1.807) is 0 Å². The van der Waals surface area contributed by atoms with Gasteiger partial charge in [-0.1, -0.05) is 5.92 Å². The molecule has 0 atom stereocenters. The quantitative estimate of drug-likeness (QED) is 0.382. The average molecular weight is 123 g/mol. The van der Waals surface area contributed by atoms with Crippen LogP contribution in [0.3, 0.4) is 0 Å². The molecule has 0 fully saturated rings. The average Bonchev–Trinajstić information content (AvgIpc) is 1.89. The van der Waals surface area contributed by atoms with Crippen molar-refractivity contribution in [2.75, 3.05) is 6.54 Å². The number of allylic oxidation sites excluding steroid dienone is 1. The molecule has 0 aliphatic rings. The van der Waals surface area contributed by atoms with Crippen molar-refractivity contribution in [2.45, 2.75) is 0 Å². The van der Waals surface area contributed by atoms with Gasteiger partial charge in [-0.3, -0.25) is 4.99 Å². The summed E-state index contributed by atoms with van der Waals surface area (Å²) in [5, 5.41) is 0. The van der Waals surface area contributed by atoms with E-state index in [0.717, 1.165) is 0 Å². The van der Waals surface area contributed by atoms with Crippen LogP contribution >= 0.6 is 0 Å². The van der Waals surface area contributed by atoms with Crippen LogP contribution in [0.15, 0.2) is 16.9 Å². The van der Waals surface area contributed by atoms with Gasteiger partial charge in [0, 0.05) is 12.4 Å². The lowest BCUT2D eigenvalue weighted by atomic mass is 10.5. The first-order chi connectivity index (χ1) is 4.31. The standard InChI is InChI=1S/C6H9N3/c1-2-3-9-5-6(8)4-7/h1,4-5H,3,7-8H2/b6-4+,9-5?. The van der Waals surface area contributed by atoms with Crippen LogP contribution in [0.1, 0.15) is 0 Å². The van der Waals surface area contributed by atoms with Gasteiger partial charge in [-0.15, -0.1) is 6.42 Å². The summed E-state index contributed by atoms with van der Waals surface area (Å²) in [6.45, 7) is 0.342. The Morgan fingerprint density at radius 1 is 1.78 bits per heavy atom. The van der Waals surface area contributed by atoms with Crippen molar-refractivity contribution in [2.24, 2.45) is 16.5 Å². The number of hydrogen-bond donors (Lipinski definition) is 2. The molecule has 48 valence electrons. The minimum absolute atomic E-state index is 0.342. The van der Waals surface area contributed by atoms with E-state index in [9.17, 15) is 0 Å². The minimum Gasteiger partial charge on any atom is -0.403 e. The lowest BCUT2D eigenvalue weighted by molar-refractivity contribution is 1.29. The largest absolute Gasteiger partial charge is 0.403 e. The highest BCUT2D eigenvalue weighted by Crippen LogP contribution is 1.71. The summed E-state index contributed by atoms with van der Waals surface area (Å²) in [5.41, 5.74) is 10.7. The summed E-state index contributed by atoms with van der Waals surface area (Å²) >= 11 is 0. The smallest absolute Gasteiger partial charge is 0.0995 e. The minimum atomic E-state index is 0.342. The Kier molecular flexibility index (Phi) is 3.97. The Labute approximate surface area is 54.4 Å². The zero-order valence-corrected chi connectivity index (χ0v) is 5.04. The SMILES string of the molecule is C#CCN=C/C(N)=C\N. The number of terminal acetylenes is 1. The molecule has 0 aliphatic heterocycles. The van der Waals surface area contributed by atoms with Crippen LogP contribution in [0.2, 0.25) is 0 Å². The van der Waals surface area contributed by atoms with E-state index in [4.69, 9.17) is 17.9 Å². The molecule has 0 spiro atoms. The fourth-order valence-corrected chi connectivity index (χ4v) is 0.247. The van der Waals surface area contributed by atoms with Gasteiger partial charge in [0.2, 0.25) is 0 Å². The molecule has 0 saturated carbocycles. The predicted molar refractivity (Wildman–Crippen MR) is 38.6 cm³/mol. The molecule has 0 amide bonds. The topological polar surface area (TPSA) is 64.4 Å². The van der Waals surface area contributed by atoms with E-state index >= 15 is 0 Å². The predicted octanol–water partition coefficient (Wildman–Crippen LogP) is -0.551. The van der Waals surface area contributed by atoms with Crippen molar-refractivity contribution < 1.29 is 0 Å². The van der Waals surface area contributed by atoms with Crippen molar-refractivity contribution in [1.82, 2.24) is 0 Å². The van der Waals surface area contributed by atoms with E-state index < -0.39 is 0 Å². The van der Waals surface area contributed by atoms with Crippen molar-refractivity contribution in [3.05, 3.63) is 11.9 Å². The van der Waals surface area contributed by atoms with Gasteiger partial charge in [0.1, 0.15) is 0 Å². The van der Waals surface area contributed by atoms with Crippen LogP contribution < -0.4 is 11.5 Å². The molecule has 0 rings (SSSR count). The van der Waals surface area contributed by atoms with Crippen molar-refractivity contribution in [3.8, 4) is 12.3 Å². The molecule has 4 N–H and O–H groups in total. The molecule has 3 heteroatoms. The van der Waals surface area contributed by atoms with E-state index in [0.29, 0.717) is 12.2 Å². The molecule has 0 aromatic carbocycles. The van der Waals surface area contributed by atoms with E-state index in [1.165, 1.54) is 12.4 Å².